The molecule has 2 heterocycles. The van der Waals surface area contributed by atoms with E-state index in [-0.39, 0.29) is 11.9 Å². The van der Waals surface area contributed by atoms with Crippen molar-refractivity contribution in [2.45, 2.75) is 0 Å². The van der Waals surface area contributed by atoms with Gasteiger partial charge in [0.15, 0.2) is 11.5 Å². The number of anilines is 1. The summed E-state index contributed by atoms with van der Waals surface area (Å²) < 4.78 is 2.11. The molecule has 0 fully saturated rings. The molecule has 0 radical (unpaired) electrons. The number of hydrogen-bond donors (Lipinski definition) is 1. The minimum absolute atomic E-state index is 0.143. The Balaban J connectivity index is 2.41. The first-order valence-corrected chi connectivity index (χ1v) is 5.84. The summed E-state index contributed by atoms with van der Waals surface area (Å²) in [5.41, 5.74) is 5.86. The van der Waals surface area contributed by atoms with Gasteiger partial charge in [-0.25, -0.2) is 9.67 Å². The van der Waals surface area contributed by atoms with Crippen molar-refractivity contribution < 1.29 is 4.79 Å². The lowest BCUT2D eigenvalue weighted by Gasteiger charge is -2.07. The van der Waals surface area contributed by atoms with Crippen molar-refractivity contribution in [3.8, 4) is 5.82 Å². The van der Waals surface area contributed by atoms with Crippen LogP contribution < -0.4 is 5.73 Å². The van der Waals surface area contributed by atoms with E-state index in [1.165, 1.54) is 15.8 Å². The smallest absolute Gasteiger partial charge is 0.273 e. The summed E-state index contributed by atoms with van der Waals surface area (Å²) in [6.45, 7) is 0. The fourth-order valence-electron chi connectivity index (χ4n) is 1.32. The summed E-state index contributed by atoms with van der Waals surface area (Å²) in [6.07, 6.45) is 3.18. The SMILES string of the molecule is CN(C)C(=O)c1ccn(-c2nc(N)ncc2Br)n1. The number of nitrogens with zero attached hydrogens (tertiary/aromatic N) is 5. The highest BCUT2D eigenvalue weighted by Gasteiger charge is 2.14. The lowest BCUT2D eigenvalue weighted by molar-refractivity contribution is 0.0821. The van der Waals surface area contributed by atoms with Crippen LogP contribution in [0.2, 0.25) is 0 Å². The van der Waals surface area contributed by atoms with Gasteiger partial charge in [-0.2, -0.15) is 10.1 Å². The normalized spacial score (nSPS) is 10.4. The first-order chi connectivity index (χ1) is 8.49. The van der Waals surface area contributed by atoms with Gasteiger partial charge in [0, 0.05) is 26.5 Å². The topological polar surface area (TPSA) is 89.9 Å². The quantitative estimate of drug-likeness (QED) is 0.882. The standard InChI is InChI=1S/C10H11BrN6O/c1-16(2)9(18)7-3-4-17(15-7)8-6(11)5-13-10(12)14-8/h3-5H,1-2H3,(H2,12,13,14). The molecule has 2 aromatic rings. The van der Waals surface area contributed by atoms with Crippen LogP contribution in [0, 0.1) is 0 Å². The third-order valence-corrected chi connectivity index (χ3v) is 2.74. The van der Waals surface area contributed by atoms with Gasteiger partial charge in [-0.15, -0.1) is 0 Å². The van der Waals surface area contributed by atoms with Crippen molar-refractivity contribution in [2.24, 2.45) is 0 Å². The van der Waals surface area contributed by atoms with Crippen molar-refractivity contribution in [3.05, 3.63) is 28.6 Å². The second-order valence-electron chi connectivity index (χ2n) is 3.74. The molecule has 0 spiro atoms. The third kappa shape index (κ3) is 2.33. The largest absolute Gasteiger partial charge is 0.368 e. The number of amides is 1. The van der Waals surface area contributed by atoms with Crippen LogP contribution in [0.3, 0.4) is 0 Å². The second-order valence-corrected chi connectivity index (χ2v) is 4.60. The van der Waals surface area contributed by atoms with Crippen molar-refractivity contribution in [3.63, 3.8) is 0 Å². The second kappa shape index (κ2) is 4.73. The summed E-state index contributed by atoms with van der Waals surface area (Å²) in [6, 6.07) is 1.62. The Kier molecular flexibility index (Phi) is 3.28. The van der Waals surface area contributed by atoms with E-state index in [9.17, 15) is 4.79 Å². The number of carbonyl (C=O) groups is 1. The summed E-state index contributed by atoms with van der Waals surface area (Å²) in [5, 5.41) is 4.15. The molecule has 2 aromatic heterocycles. The van der Waals surface area contributed by atoms with Crippen LogP contribution in [0.1, 0.15) is 10.5 Å². The Morgan fingerprint density at radius 1 is 1.50 bits per heavy atom. The van der Waals surface area contributed by atoms with Crippen LogP contribution in [0.4, 0.5) is 5.95 Å². The fourth-order valence-corrected chi connectivity index (χ4v) is 1.69. The van der Waals surface area contributed by atoms with Gasteiger partial charge in [-0.1, -0.05) is 0 Å². The van der Waals surface area contributed by atoms with E-state index in [4.69, 9.17) is 5.73 Å². The predicted molar refractivity (Wildman–Crippen MR) is 69.3 cm³/mol. The zero-order chi connectivity index (χ0) is 13.3. The molecule has 8 heteroatoms. The van der Waals surface area contributed by atoms with Gasteiger partial charge in [0.1, 0.15) is 0 Å². The molecule has 0 bridgehead atoms. The highest BCUT2D eigenvalue weighted by atomic mass is 79.9. The van der Waals surface area contributed by atoms with Gasteiger partial charge < -0.3 is 10.6 Å². The third-order valence-electron chi connectivity index (χ3n) is 2.18. The number of nitrogens with two attached hydrogens (primary N) is 1. The number of aromatic nitrogens is 4. The molecule has 0 saturated carbocycles. The number of nitrogen functional groups attached to an aromatic ring is 1. The van der Waals surface area contributed by atoms with E-state index in [1.54, 1.807) is 26.4 Å². The maximum atomic E-state index is 11.7. The van der Waals surface area contributed by atoms with E-state index >= 15 is 0 Å². The van der Waals surface area contributed by atoms with Crippen molar-refractivity contribution in [1.29, 1.82) is 0 Å². The number of carbonyl (C=O) groups excluding carboxylic acids is 1. The highest BCUT2D eigenvalue weighted by Crippen LogP contribution is 2.18. The Morgan fingerprint density at radius 3 is 2.89 bits per heavy atom. The minimum atomic E-state index is -0.174. The van der Waals surface area contributed by atoms with Crippen LogP contribution >= 0.6 is 15.9 Å². The van der Waals surface area contributed by atoms with Gasteiger partial charge in [0.2, 0.25) is 5.95 Å². The maximum Gasteiger partial charge on any atom is 0.273 e. The van der Waals surface area contributed by atoms with E-state index in [0.29, 0.717) is 16.0 Å². The molecule has 94 valence electrons. The molecule has 7 nitrogen and oxygen atoms in total. The van der Waals surface area contributed by atoms with Crippen molar-refractivity contribution in [1.82, 2.24) is 24.6 Å². The monoisotopic (exact) mass is 310 g/mol. The van der Waals surface area contributed by atoms with E-state index in [1.807, 2.05) is 0 Å². The average molecular weight is 311 g/mol. The molecule has 0 aromatic carbocycles. The summed E-state index contributed by atoms with van der Waals surface area (Å²) >= 11 is 3.31. The van der Waals surface area contributed by atoms with E-state index < -0.39 is 0 Å². The van der Waals surface area contributed by atoms with Crippen molar-refractivity contribution >= 4 is 27.8 Å². The number of rotatable bonds is 2. The van der Waals surface area contributed by atoms with Gasteiger partial charge in [-0.3, -0.25) is 4.79 Å². The van der Waals surface area contributed by atoms with Gasteiger partial charge in [0.25, 0.3) is 5.91 Å². The molecule has 2 N–H and O–H groups in total. The average Bonchev–Trinajstić information content (AvgIpc) is 2.80. The van der Waals surface area contributed by atoms with E-state index in [0.717, 1.165) is 0 Å². The molecular formula is C10H11BrN6O. The molecule has 18 heavy (non-hydrogen) atoms. The van der Waals surface area contributed by atoms with Crippen LogP contribution in [0.25, 0.3) is 5.82 Å². The summed E-state index contributed by atoms with van der Waals surface area (Å²) in [5.74, 6) is 0.455. The molecule has 0 unspecified atom stereocenters. The van der Waals surface area contributed by atoms with Crippen molar-refractivity contribution in [2.75, 3.05) is 19.8 Å². The molecule has 1 amide bonds. The predicted octanol–water partition coefficient (Wildman–Crippen LogP) is 0.709. The molecule has 2 rings (SSSR count). The lowest BCUT2D eigenvalue weighted by atomic mass is 10.4. The maximum absolute atomic E-state index is 11.7. The lowest BCUT2D eigenvalue weighted by Crippen LogP contribution is -2.22. The van der Waals surface area contributed by atoms with E-state index in [2.05, 4.69) is 31.0 Å². The molecule has 0 saturated heterocycles. The molecular weight excluding hydrogens is 300 g/mol. The Labute approximate surface area is 112 Å². The zero-order valence-electron chi connectivity index (χ0n) is 9.83. The van der Waals surface area contributed by atoms with Crippen LogP contribution in [-0.4, -0.2) is 44.7 Å². The molecule has 0 atom stereocenters. The minimum Gasteiger partial charge on any atom is -0.368 e. The first kappa shape index (κ1) is 12.5. The van der Waals surface area contributed by atoms with Gasteiger partial charge >= 0.3 is 0 Å². The highest BCUT2D eigenvalue weighted by molar-refractivity contribution is 9.10. The number of hydrogen-bond acceptors (Lipinski definition) is 5. The Hall–Kier alpha value is -1.96. The first-order valence-electron chi connectivity index (χ1n) is 5.04. The molecule has 0 aliphatic rings. The van der Waals surface area contributed by atoms with Crippen LogP contribution in [0.15, 0.2) is 22.9 Å². The zero-order valence-corrected chi connectivity index (χ0v) is 11.4. The number of halogens is 1. The molecule has 0 aliphatic carbocycles. The summed E-state index contributed by atoms with van der Waals surface area (Å²) in [4.78, 5) is 21.1. The molecule has 0 aliphatic heterocycles. The fraction of sp³-hybridized carbons (Fsp3) is 0.200. The summed E-state index contributed by atoms with van der Waals surface area (Å²) in [7, 11) is 3.33. The van der Waals surface area contributed by atoms with Gasteiger partial charge in [0.05, 0.1) is 4.47 Å². The Morgan fingerprint density at radius 2 is 2.22 bits per heavy atom. The van der Waals surface area contributed by atoms with Gasteiger partial charge in [-0.05, 0) is 22.0 Å². The van der Waals surface area contributed by atoms with Crippen LogP contribution in [0.5, 0.6) is 0 Å². The Bertz CT molecular complexity index is 594. The van der Waals surface area contributed by atoms with Crippen LogP contribution in [-0.2, 0) is 0 Å².